The summed E-state index contributed by atoms with van der Waals surface area (Å²) in [5.74, 6) is 1.02. The minimum atomic E-state index is 0. The van der Waals surface area contributed by atoms with E-state index < -0.39 is 0 Å². The Morgan fingerprint density at radius 3 is 2.65 bits per heavy atom. The van der Waals surface area contributed by atoms with E-state index in [1.165, 1.54) is 0 Å². The van der Waals surface area contributed by atoms with Crippen LogP contribution in [0.25, 0.3) is 5.69 Å². The average Bonchev–Trinajstić information content (AvgIpc) is 3.11. The van der Waals surface area contributed by atoms with E-state index in [4.69, 9.17) is 10.5 Å². The van der Waals surface area contributed by atoms with Gasteiger partial charge < -0.3 is 15.8 Å². The highest BCUT2D eigenvalue weighted by atomic mass is 127. The molecular weight excluding hydrogens is 443 g/mol. The normalized spacial score (nSPS) is 11.0. The quantitative estimate of drug-likeness (QED) is 0.333. The molecule has 136 valence electrons. The second-order valence-corrected chi connectivity index (χ2v) is 5.37. The van der Waals surface area contributed by atoms with Gasteiger partial charge in [0.1, 0.15) is 12.9 Å². The molecule has 1 aromatic heterocycles. The summed E-state index contributed by atoms with van der Waals surface area (Å²) in [4.78, 5) is 4.37. The maximum Gasteiger partial charge on any atom is 0.193 e. The molecule has 3 aromatic rings. The minimum absolute atomic E-state index is 0. The van der Waals surface area contributed by atoms with Gasteiger partial charge in [-0.1, -0.05) is 36.4 Å². The van der Waals surface area contributed by atoms with Gasteiger partial charge in [-0.15, -0.1) is 34.2 Å². The van der Waals surface area contributed by atoms with Gasteiger partial charge in [-0.05, 0) is 18.2 Å². The molecule has 2 aromatic carbocycles. The van der Waals surface area contributed by atoms with Gasteiger partial charge in [-0.2, -0.15) is 0 Å². The Morgan fingerprint density at radius 2 is 1.88 bits per heavy atom. The third-order valence-electron chi connectivity index (χ3n) is 3.62. The maximum absolute atomic E-state index is 6.02. The fourth-order valence-corrected chi connectivity index (χ4v) is 2.43. The summed E-state index contributed by atoms with van der Waals surface area (Å²) in [5, 5.41) is 11.2. The fourth-order valence-electron chi connectivity index (χ4n) is 2.43. The Labute approximate surface area is 169 Å². The van der Waals surface area contributed by atoms with Crippen LogP contribution in [0.1, 0.15) is 11.4 Å². The van der Waals surface area contributed by atoms with Gasteiger partial charge in [0.15, 0.2) is 11.8 Å². The number of rotatable bonds is 6. The van der Waals surface area contributed by atoms with Crippen LogP contribution in [-0.2, 0) is 17.9 Å². The van der Waals surface area contributed by atoms with Crippen molar-refractivity contribution in [2.75, 3.05) is 12.4 Å². The molecule has 0 unspecified atom stereocenters. The van der Waals surface area contributed by atoms with E-state index in [0.717, 1.165) is 16.9 Å². The number of nitrogens with zero attached hydrogens (tertiary/aromatic N) is 4. The van der Waals surface area contributed by atoms with Crippen molar-refractivity contribution in [3.63, 3.8) is 0 Å². The van der Waals surface area contributed by atoms with Crippen LogP contribution in [0.2, 0.25) is 0 Å². The lowest BCUT2D eigenvalue weighted by atomic mass is 10.2. The number of hydrogen-bond donors (Lipinski definition) is 2. The molecule has 3 N–H and O–H groups in total. The summed E-state index contributed by atoms with van der Waals surface area (Å²) >= 11 is 0. The van der Waals surface area contributed by atoms with E-state index in [-0.39, 0.29) is 24.0 Å². The van der Waals surface area contributed by atoms with Crippen LogP contribution in [0.5, 0.6) is 0 Å². The number of benzene rings is 2. The van der Waals surface area contributed by atoms with Gasteiger partial charge >= 0.3 is 0 Å². The molecule has 0 saturated heterocycles. The number of aliphatic imine (C=N–C) groups is 1. The lowest BCUT2D eigenvalue weighted by Crippen LogP contribution is -2.23. The summed E-state index contributed by atoms with van der Waals surface area (Å²) in [6, 6.07) is 17.7. The number of nitrogens with one attached hydrogen (secondary N) is 1. The first-order valence-corrected chi connectivity index (χ1v) is 7.86. The molecule has 0 bridgehead atoms. The zero-order chi connectivity index (χ0) is 17.5. The first-order valence-electron chi connectivity index (χ1n) is 7.86. The predicted molar refractivity (Wildman–Crippen MR) is 113 cm³/mol. The number of nitrogens with two attached hydrogens (primary N) is 1. The fraction of sp³-hybridized carbons (Fsp3) is 0.167. The molecule has 0 atom stereocenters. The van der Waals surface area contributed by atoms with Crippen LogP contribution in [0.4, 0.5) is 5.69 Å². The lowest BCUT2D eigenvalue weighted by Gasteiger charge is -2.11. The van der Waals surface area contributed by atoms with Gasteiger partial charge in [-0.25, -0.2) is 4.99 Å². The van der Waals surface area contributed by atoms with Gasteiger partial charge in [0.25, 0.3) is 0 Å². The summed E-state index contributed by atoms with van der Waals surface area (Å²) in [6.07, 6.45) is 1.66. The molecule has 0 fully saturated rings. The van der Waals surface area contributed by atoms with Crippen molar-refractivity contribution in [2.45, 2.75) is 13.2 Å². The monoisotopic (exact) mass is 464 g/mol. The Morgan fingerprint density at radius 1 is 1.15 bits per heavy atom. The number of hydrogen-bond acceptors (Lipinski definition) is 4. The third kappa shape index (κ3) is 5.02. The smallest absolute Gasteiger partial charge is 0.193 e. The van der Waals surface area contributed by atoms with Gasteiger partial charge in [-0.3, -0.25) is 4.57 Å². The van der Waals surface area contributed by atoms with Gasteiger partial charge in [0, 0.05) is 24.0 Å². The van der Waals surface area contributed by atoms with Crippen molar-refractivity contribution in [2.24, 2.45) is 10.7 Å². The van der Waals surface area contributed by atoms with Crippen molar-refractivity contribution in [1.29, 1.82) is 0 Å². The first-order chi connectivity index (χ1) is 12.3. The molecular formula is C18H21IN6O. The van der Waals surface area contributed by atoms with E-state index in [9.17, 15) is 0 Å². The highest BCUT2D eigenvalue weighted by molar-refractivity contribution is 14.0. The van der Waals surface area contributed by atoms with Crippen molar-refractivity contribution in [3.8, 4) is 5.69 Å². The number of halogens is 1. The number of ether oxygens (including phenoxy) is 1. The molecule has 0 aliphatic heterocycles. The van der Waals surface area contributed by atoms with E-state index in [2.05, 4.69) is 20.5 Å². The van der Waals surface area contributed by atoms with Crippen molar-refractivity contribution in [3.05, 3.63) is 72.3 Å². The number of anilines is 1. The molecule has 26 heavy (non-hydrogen) atoms. The van der Waals surface area contributed by atoms with Gasteiger partial charge in [0.2, 0.25) is 0 Å². The molecule has 7 nitrogen and oxygen atoms in total. The number of methoxy groups -OCH3 is 1. The summed E-state index contributed by atoms with van der Waals surface area (Å²) < 4.78 is 7.08. The summed E-state index contributed by atoms with van der Waals surface area (Å²) in [5.41, 5.74) is 8.88. The molecule has 0 aliphatic carbocycles. The standard InChI is InChI=1S/C18H20N6O.HI/c1-25-12-14-7-5-6-10-16(14)22-18(19)20-11-17-23-21-13-24(17)15-8-3-2-4-9-15;/h2-10,13H,11-12H2,1H3,(H3,19,20,22);1H. The molecule has 0 spiro atoms. The second kappa shape index (κ2) is 9.88. The SMILES string of the molecule is COCc1ccccc1NC(N)=NCc1nncn1-c1ccccc1.I. The summed E-state index contributed by atoms with van der Waals surface area (Å²) in [6.45, 7) is 0.818. The zero-order valence-corrected chi connectivity index (χ0v) is 16.7. The molecule has 3 rings (SSSR count). The van der Waals surface area contributed by atoms with Crippen LogP contribution < -0.4 is 11.1 Å². The molecule has 0 amide bonds. The number of aromatic nitrogens is 3. The van der Waals surface area contributed by atoms with Gasteiger partial charge in [0.05, 0.1) is 6.61 Å². The Kier molecular flexibility index (Phi) is 7.54. The minimum Gasteiger partial charge on any atom is -0.380 e. The number of para-hydroxylation sites is 2. The molecule has 0 aliphatic rings. The highest BCUT2D eigenvalue weighted by Crippen LogP contribution is 2.15. The lowest BCUT2D eigenvalue weighted by molar-refractivity contribution is 0.185. The topological polar surface area (TPSA) is 90.3 Å². The van der Waals surface area contributed by atoms with Crippen molar-refractivity contribution in [1.82, 2.24) is 14.8 Å². The van der Waals surface area contributed by atoms with E-state index in [1.54, 1.807) is 13.4 Å². The van der Waals surface area contributed by atoms with Crippen LogP contribution in [-0.4, -0.2) is 27.8 Å². The summed E-state index contributed by atoms with van der Waals surface area (Å²) in [7, 11) is 1.66. The van der Waals surface area contributed by atoms with Crippen LogP contribution >= 0.6 is 24.0 Å². The van der Waals surface area contributed by atoms with Crippen molar-refractivity contribution < 1.29 is 4.74 Å². The third-order valence-corrected chi connectivity index (χ3v) is 3.62. The number of guanidine groups is 1. The average molecular weight is 464 g/mol. The molecule has 8 heteroatoms. The Hall–Kier alpha value is -2.46. The van der Waals surface area contributed by atoms with Crippen LogP contribution in [0.3, 0.4) is 0 Å². The molecule has 0 saturated carbocycles. The van der Waals surface area contributed by atoms with E-state index >= 15 is 0 Å². The Balaban J connectivity index is 0.00000243. The largest absolute Gasteiger partial charge is 0.380 e. The van der Waals surface area contributed by atoms with Crippen LogP contribution in [0, 0.1) is 0 Å². The van der Waals surface area contributed by atoms with Crippen LogP contribution in [0.15, 0.2) is 65.9 Å². The Bertz CT molecular complexity index is 850. The van der Waals surface area contributed by atoms with Crippen molar-refractivity contribution >= 4 is 35.6 Å². The first kappa shape index (κ1) is 19.9. The zero-order valence-electron chi connectivity index (χ0n) is 14.4. The predicted octanol–water partition coefficient (Wildman–Crippen LogP) is 2.96. The van der Waals surface area contributed by atoms with E-state index in [1.807, 2.05) is 59.2 Å². The molecule has 1 heterocycles. The maximum atomic E-state index is 6.02. The van der Waals surface area contributed by atoms with E-state index in [0.29, 0.717) is 24.9 Å². The highest BCUT2D eigenvalue weighted by Gasteiger charge is 2.06. The molecule has 0 radical (unpaired) electrons. The second-order valence-electron chi connectivity index (χ2n) is 5.37.